The van der Waals surface area contributed by atoms with E-state index >= 15 is 0 Å². The Bertz CT molecular complexity index is 477. The number of hydroxylamine groups is 2. The van der Waals surface area contributed by atoms with Crippen molar-refractivity contribution in [1.82, 2.24) is 5.06 Å². The first kappa shape index (κ1) is 26.3. The molecule has 0 radical (unpaired) electrons. The van der Waals surface area contributed by atoms with E-state index in [0.29, 0.717) is 28.9 Å². The van der Waals surface area contributed by atoms with E-state index < -0.39 is 0 Å². The summed E-state index contributed by atoms with van der Waals surface area (Å²) < 4.78 is 6.30. The standard InChI is InChI=1S/C24H45NO3S2/c1-4-5-6-8-16-29-17-9-7-10-20-21(23-13-12-22(20)28-23)15-18-30-19(2)11-14-24(26)25(3)27/h19-23,27H,4-18H2,1-3H3/t19-,20-,21+,22?,23+/m1/s1. The molecule has 2 aliphatic heterocycles. The van der Waals surface area contributed by atoms with E-state index in [2.05, 4.69) is 25.6 Å². The van der Waals surface area contributed by atoms with Crippen LogP contribution in [0.2, 0.25) is 0 Å². The maximum absolute atomic E-state index is 11.5. The van der Waals surface area contributed by atoms with Gasteiger partial charge >= 0.3 is 0 Å². The molecule has 2 aliphatic rings. The van der Waals surface area contributed by atoms with Crippen LogP contribution in [0.5, 0.6) is 0 Å². The van der Waals surface area contributed by atoms with Gasteiger partial charge in [-0.05, 0) is 74.0 Å². The van der Waals surface area contributed by atoms with Crippen molar-refractivity contribution in [3.63, 3.8) is 0 Å². The van der Waals surface area contributed by atoms with Crippen molar-refractivity contribution < 1.29 is 14.7 Å². The molecule has 2 heterocycles. The summed E-state index contributed by atoms with van der Waals surface area (Å²) in [6.07, 6.45) is 15.7. The van der Waals surface area contributed by atoms with Crippen LogP contribution in [0.4, 0.5) is 0 Å². The van der Waals surface area contributed by atoms with Gasteiger partial charge in [-0.2, -0.15) is 23.5 Å². The topological polar surface area (TPSA) is 49.8 Å². The largest absolute Gasteiger partial charge is 0.374 e. The van der Waals surface area contributed by atoms with Gasteiger partial charge in [0.25, 0.3) is 0 Å². The lowest BCUT2D eigenvalue weighted by atomic mass is 9.75. The number of fused-ring (bicyclic) bond motifs is 2. The molecule has 0 aromatic rings. The van der Waals surface area contributed by atoms with Crippen LogP contribution in [0.3, 0.4) is 0 Å². The van der Waals surface area contributed by atoms with E-state index in [1.807, 2.05) is 11.8 Å². The van der Waals surface area contributed by atoms with Crippen molar-refractivity contribution in [3.8, 4) is 0 Å². The fourth-order valence-corrected chi connectivity index (χ4v) is 7.08. The van der Waals surface area contributed by atoms with E-state index in [0.717, 1.165) is 24.0 Å². The molecule has 0 aromatic carbocycles. The van der Waals surface area contributed by atoms with Gasteiger partial charge in [0.1, 0.15) is 0 Å². The molecule has 0 saturated carbocycles. The predicted molar refractivity (Wildman–Crippen MR) is 131 cm³/mol. The molecule has 0 spiro atoms. The highest BCUT2D eigenvalue weighted by molar-refractivity contribution is 7.99. The summed E-state index contributed by atoms with van der Waals surface area (Å²) >= 11 is 4.13. The number of hydrogen-bond acceptors (Lipinski definition) is 5. The van der Waals surface area contributed by atoms with Crippen LogP contribution < -0.4 is 0 Å². The maximum Gasteiger partial charge on any atom is 0.245 e. The van der Waals surface area contributed by atoms with E-state index in [1.165, 1.54) is 82.8 Å². The van der Waals surface area contributed by atoms with E-state index in [-0.39, 0.29) is 5.91 Å². The van der Waals surface area contributed by atoms with E-state index in [9.17, 15) is 4.79 Å². The average molecular weight is 460 g/mol. The Morgan fingerprint density at radius 2 is 1.70 bits per heavy atom. The lowest BCUT2D eigenvalue weighted by Gasteiger charge is -2.28. The Morgan fingerprint density at radius 1 is 1.03 bits per heavy atom. The summed E-state index contributed by atoms with van der Waals surface area (Å²) in [5, 5.41) is 10.3. The van der Waals surface area contributed by atoms with Crippen LogP contribution in [0.1, 0.15) is 90.9 Å². The average Bonchev–Trinajstić information content (AvgIpc) is 3.33. The predicted octanol–water partition coefficient (Wildman–Crippen LogP) is 6.40. The molecule has 5 atom stereocenters. The first-order chi connectivity index (χ1) is 14.5. The third-order valence-electron chi connectivity index (χ3n) is 6.79. The van der Waals surface area contributed by atoms with Gasteiger partial charge in [0.15, 0.2) is 0 Å². The maximum atomic E-state index is 11.5. The zero-order chi connectivity index (χ0) is 21.8. The van der Waals surface area contributed by atoms with Gasteiger partial charge in [-0.3, -0.25) is 10.0 Å². The highest BCUT2D eigenvalue weighted by Crippen LogP contribution is 2.47. The van der Waals surface area contributed by atoms with Crippen molar-refractivity contribution in [2.45, 2.75) is 108 Å². The number of rotatable bonds is 17. The first-order valence-electron chi connectivity index (χ1n) is 12.3. The van der Waals surface area contributed by atoms with Crippen molar-refractivity contribution >= 4 is 29.4 Å². The smallest absolute Gasteiger partial charge is 0.245 e. The Labute approximate surface area is 193 Å². The second kappa shape index (κ2) is 15.0. The Morgan fingerprint density at radius 3 is 2.37 bits per heavy atom. The van der Waals surface area contributed by atoms with Gasteiger partial charge in [0.05, 0.1) is 12.2 Å². The molecule has 6 heteroatoms. The number of thioether (sulfide) groups is 2. The third kappa shape index (κ3) is 9.30. The monoisotopic (exact) mass is 459 g/mol. The number of hydrogen-bond donors (Lipinski definition) is 1. The lowest BCUT2D eigenvalue weighted by Crippen LogP contribution is -2.28. The van der Waals surface area contributed by atoms with Crippen molar-refractivity contribution in [2.75, 3.05) is 24.3 Å². The van der Waals surface area contributed by atoms with Crippen LogP contribution in [0.15, 0.2) is 0 Å². The molecule has 2 bridgehead atoms. The number of amides is 1. The van der Waals surface area contributed by atoms with Crippen LogP contribution in [-0.4, -0.2) is 57.9 Å². The molecule has 1 unspecified atom stereocenters. The van der Waals surface area contributed by atoms with Gasteiger partial charge < -0.3 is 4.74 Å². The van der Waals surface area contributed by atoms with Gasteiger partial charge in [0, 0.05) is 18.7 Å². The summed E-state index contributed by atoms with van der Waals surface area (Å²) in [5.41, 5.74) is 0. The molecule has 176 valence electrons. The summed E-state index contributed by atoms with van der Waals surface area (Å²) in [6, 6.07) is 0. The zero-order valence-electron chi connectivity index (χ0n) is 19.5. The minimum Gasteiger partial charge on any atom is -0.374 e. The first-order valence-corrected chi connectivity index (χ1v) is 14.5. The van der Waals surface area contributed by atoms with Crippen LogP contribution >= 0.6 is 23.5 Å². The molecule has 4 nitrogen and oxygen atoms in total. The Balaban J connectivity index is 1.57. The van der Waals surface area contributed by atoms with Gasteiger partial charge in [0.2, 0.25) is 5.91 Å². The summed E-state index contributed by atoms with van der Waals surface area (Å²) in [4.78, 5) is 11.5. The molecule has 1 N–H and O–H groups in total. The van der Waals surface area contributed by atoms with Gasteiger partial charge in [-0.1, -0.05) is 39.5 Å². The molecule has 0 aromatic heterocycles. The Hall–Kier alpha value is 0.0900. The highest BCUT2D eigenvalue weighted by Gasteiger charge is 2.47. The molecule has 2 fully saturated rings. The fourth-order valence-electron chi connectivity index (χ4n) is 4.96. The molecular formula is C24H45NO3S2. The second-order valence-corrected chi connectivity index (χ2v) is 12.0. The molecule has 2 saturated heterocycles. The number of ether oxygens (including phenoxy) is 1. The summed E-state index contributed by atoms with van der Waals surface area (Å²) in [5.74, 6) is 5.16. The Kier molecular flexibility index (Phi) is 13.2. The number of carbonyl (C=O) groups excluding carboxylic acids is 1. The summed E-state index contributed by atoms with van der Waals surface area (Å²) in [7, 11) is 1.40. The highest BCUT2D eigenvalue weighted by atomic mass is 32.2. The van der Waals surface area contributed by atoms with Crippen molar-refractivity contribution in [3.05, 3.63) is 0 Å². The molecule has 2 rings (SSSR count). The fraction of sp³-hybridized carbons (Fsp3) is 0.958. The number of unbranched alkanes of at least 4 members (excludes halogenated alkanes) is 4. The normalized spacial score (nSPS) is 26.3. The minimum absolute atomic E-state index is 0.192. The molecule has 30 heavy (non-hydrogen) atoms. The van der Waals surface area contributed by atoms with E-state index in [4.69, 9.17) is 9.94 Å². The molecular weight excluding hydrogens is 414 g/mol. The van der Waals surface area contributed by atoms with Crippen molar-refractivity contribution in [1.29, 1.82) is 0 Å². The number of carbonyl (C=O) groups is 1. The molecule has 0 aliphatic carbocycles. The summed E-state index contributed by atoms with van der Waals surface area (Å²) in [6.45, 7) is 4.48. The minimum atomic E-state index is -0.192. The van der Waals surface area contributed by atoms with Crippen LogP contribution in [-0.2, 0) is 9.53 Å². The zero-order valence-corrected chi connectivity index (χ0v) is 21.2. The van der Waals surface area contributed by atoms with Crippen LogP contribution in [0.25, 0.3) is 0 Å². The lowest BCUT2D eigenvalue weighted by molar-refractivity contribution is -0.159. The third-order valence-corrected chi connectivity index (χ3v) is 9.22. The van der Waals surface area contributed by atoms with E-state index in [1.54, 1.807) is 0 Å². The second-order valence-electron chi connectivity index (χ2n) is 9.21. The molecule has 1 amide bonds. The van der Waals surface area contributed by atoms with Crippen LogP contribution in [0, 0.1) is 11.8 Å². The number of nitrogens with zero attached hydrogens (tertiary/aromatic N) is 1. The van der Waals surface area contributed by atoms with Gasteiger partial charge in [-0.15, -0.1) is 0 Å². The quantitative estimate of drug-likeness (QED) is 0.155. The van der Waals surface area contributed by atoms with Crippen molar-refractivity contribution in [2.24, 2.45) is 11.8 Å². The van der Waals surface area contributed by atoms with Gasteiger partial charge in [-0.25, -0.2) is 5.06 Å². The SMILES string of the molecule is CCCCCCSCCCC[C@H]1C2CC[C@H](O2)[C@H]1CCS[C@H](C)CCC(=O)N(C)O.